The van der Waals surface area contributed by atoms with Crippen LogP contribution in [0.4, 0.5) is 0 Å². The molecule has 2 fully saturated rings. The third-order valence-corrected chi connectivity index (χ3v) is 6.54. The summed E-state index contributed by atoms with van der Waals surface area (Å²) < 4.78 is 0. The highest BCUT2D eigenvalue weighted by atomic mass is 16.2. The van der Waals surface area contributed by atoms with Crippen molar-refractivity contribution in [3.05, 3.63) is 71.3 Å². The minimum absolute atomic E-state index is 0.0387. The molecule has 2 aliphatic rings. The van der Waals surface area contributed by atoms with Gasteiger partial charge < -0.3 is 10.2 Å². The Balaban J connectivity index is 1.42. The number of likely N-dealkylation sites (tertiary alicyclic amines) is 1. The van der Waals surface area contributed by atoms with Crippen LogP contribution in [0.1, 0.15) is 83.6 Å². The van der Waals surface area contributed by atoms with Crippen LogP contribution in [0.2, 0.25) is 0 Å². The van der Waals surface area contributed by atoms with Crippen molar-refractivity contribution in [2.45, 2.75) is 63.3 Å². The Labute approximate surface area is 179 Å². The van der Waals surface area contributed by atoms with E-state index in [4.69, 9.17) is 0 Å². The molecule has 1 saturated carbocycles. The molecule has 1 heterocycles. The first kappa shape index (κ1) is 20.6. The molecule has 1 aliphatic heterocycles. The second-order valence-corrected chi connectivity index (χ2v) is 8.74. The van der Waals surface area contributed by atoms with Gasteiger partial charge in [-0.2, -0.15) is 0 Å². The normalized spacial score (nSPS) is 20.4. The van der Waals surface area contributed by atoms with Gasteiger partial charge in [0.25, 0.3) is 11.8 Å². The van der Waals surface area contributed by atoms with Crippen molar-refractivity contribution in [3.8, 4) is 0 Å². The monoisotopic (exact) mass is 404 g/mol. The standard InChI is InChI=1S/C26H32N2O2/c29-25(27-24-15-6-1-2-7-16-24)22-13-8-12-21(18-22)23-14-9-17-28(19-23)26(30)20-10-4-3-5-11-20/h3-5,8,10-13,18,23-24H,1-2,6-7,9,14-17,19H2,(H,27,29)/t23-/m1/s1. The van der Waals surface area contributed by atoms with Gasteiger partial charge in [0.15, 0.2) is 0 Å². The predicted molar refractivity (Wildman–Crippen MR) is 120 cm³/mol. The van der Waals surface area contributed by atoms with Crippen molar-refractivity contribution in [1.82, 2.24) is 10.2 Å². The van der Waals surface area contributed by atoms with E-state index in [-0.39, 0.29) is 17.7 Å². The van der Waals surface area contributed by atoms with Gasteiger partial charge in [-0.3, -0.25) is 9.59 Å². The summed E-state index contributed by atoms with van der Waals surface area (Å²) in [4.78, 5) is 27.7. The van der Waals surface area contributed by atoms with E-state index in [0.29, 0.717) is 12.6 Å². The zero-order valence-corrected chi connectivity index (χ0v) is 17.7. The van der Waals surface area contributed by atoms with Crippen molar-refractivity contribution < 1.29 is 9.59 Å². The lowest BCUT2D eigenvalue weighted by atomic mass is 9.89. The van der Waals surface area contributed by atoms with E-state index in [1.54, 1.807) is 0 Å². The number of carbonyl (C=O) groups is 2. The van der Waals surface area contributed by atoms with Crippen LogP contribution in [-0.4, -0.2) is 35.8 Å². The Morgan fingerprint density at radius 3 is 2.30 bits per heavy atom. The van der Waals surface area contributed by atoms with Gasteiger partial charge in [0.05, 0.1) is 0 Å². The molecule has 0 aromatic heterocycles. The Morgan fingerprint density at radius 1 is 0.800 bits per heavy atom. The number of piperidine rings is 1. The van der Waals surface area contributed by atoms with Crippen LogP contribution in [0.25, 0.3) is 0 Å². The molecule has 0 radical (unpaired) electrons. The van der Waals surface area contributed by atoms with Crippen LogP contribution in [0.3, 0.4) is 0 Å². The van der Waals surface area contributed by atoms with Crippen LogP contribution in [0.15, 0.2) is 54.6 Å². The van der Waals surface area contributed by atoms with Crippen LogP contribution >= 0.6 is 0 Å². The maximum absolute atomic E-state index is 12.9. The summed E-state index contributed by atoms with van der Waals surface area (Å²) in [6.07, 6.45) is 9.18. The van der Waals surface area contributed by atoms with E-state index in [0.717, 1.165) is 48.9 Å². The molecule has 1 N–H and O–H groups in total. The molecule has 158 valence electrons. The highest BCUT2D eigenvalue weighted by Gasteiger charge is 2.26. The van der Waals surface area contributed by atoms with Gasteiger partial charge >= 0.3 is 0 Å². The minimum Gasteiger partial charge on any atom is -0.349 e. The first-order valence-corrected chi connectivity index (χ1v) is 11.5. The first-order chi connectivity index (χ1) is 14.7. The quantitative estimate of drug-likeness (QED) is 0.716. The van der Waals surface area contributed by atoms with Crippen molar-refractivity contribution in [3.63, 3.8) is 0 Å². The Morgan fingerprint density at radius 2 is 1.53 bits per heavy atom. The van der Waals surface area contributed by atoms with E-state index in [9.17, 15) is 9.59 Å². The summed E-state index contributed by atoms with van der Waals surface area (Å²) in [5.74, 6) is 0.413. The van der Waals surface area contributed by atoms with Gasteiger partial charge in [-0.15, -0.1) is 0 Å². The highest BCUT2D eigenvalue weighted by Crippen LogP contribution is 2.28. The molecule has 4 nitrogen and oxygen atoms in total. The maximum atomic E-state index is 12.9. The molecule has 0 spiro atoms. The maximum Gasteiger partial charge on any atom is 0.253 e. The van der Waals surface area contributed by atoms with Crippen molar-refractivity contribution >= 4 is 11.8 Å². The molecule has 0 bridgehead atoms. The lowest BCUT2D eigenvalue weighted by Gasteiger charge is -2.33. The lowest BCUT2D eigenvalue weighted by Crippen LogP contribution is -2.39. The Kier molecular flexibility index (Phi) is 6.83. The van der Waals surface area contributed by atoms with Crippen molar-refractivity contribution in [2.24, 2.45) is 0 Å². The van der Waals surface area contributed by atoms with E-state index in [1.165, 1.54) is 25.7 Å². The third-order valence-electron chi connectivity index (χ3n) is 6.54. The molecule has 4 heteroatoms. The SMILES string of the molecule is O=C(NC1CCCCCC1)c1cccc([C@@H]2CCCN(C(=O)c3ccccc3)C2)c1. The molecule has 0 unspecified atom stereocenters. The summed E-state index contributed by atoms with van der Waals surface area (Å²) in [7, 11) is 0. The zero-order chi connectivity index (χ0) is 20.8. The molecular formula is C26H32N2O2. The average molecular weight is 405 g/mol. The molecule has 4 rings (SSSR count). The number of benzene rings is 2. The van der Waals surface area contributed by atoms with Gasteiger partial charge in [0.1, 0.15) is 0 Å². The fourth-order valence-corrected chi connectivity index (χ4v) is 4.82. The average Bonchev–Trinajstić information content (AvgIpc) is 3.08. The largest absolute Gasteiger partial charge is 0.349 e. The van der Waals surface area contributed by atoms with Crippen LogP contribution < -0.4 is 5.32 Å². The van der Waals surface area contributed by atoms with Gasteiger partial charge in [-0.25, -0.2) is 0 Å². The molecular weight excluding hydrogens is 372 g/mol. The Bertz CT molecular complexity index is 856. The van der Waals surface area contributed by atoms with Gasteiger partial charge in [0.2, 0.25) is 0 Å². The molecule has 1 aliphatic carbocycles. The predicted octanol–water partition coefficient (Wildman–Crippen LogP) is 5.16. The van der Waals surface area contributed by atoms with Crippen LogP contribution in [0.5, 0.6) is 0 Å². The topological polar surface area (TPSA) is 49.4 Å². The van der Waals surface area contributed by atoms with Gasteiger partial charge in [-0.05, 0) is 55.5 Å². The second kappa shape index (κ2) is 9.92. The smallest absolute Gasteiger partial charge is 0.253 e. The van der Waals surface area contributed by atoms with E-state index < -0.39 is 0 Å². The summed E-state index contributed by atoms with van der Waals surface area (Å²) in [6, 6.07) is 17.8. The highest BCUT2D eigenvalue weighted by molar-refractivity contribution is 5.95. The van der Waals surface area contributed by atoms with Crippen LogP contribution in [0, 0.1) is 0 Å². The number of amides is 2. The minimum atomic E-state index is 0.0387. The molecule has 1 saturated heterocycles. The first-order valence-electron chi connectivity index (χ1n) is 11.5. The summed E-state index contributed by atoms with van der Waals surface area (Å²) in [5.41, 5.74) is 2.65. The number of nitrogens with one attached hydrogen (secondary N) is 1. The van der Waals surface area contributed by atoms with Crippen molar-refractivity contribution in [1.29, 1.82) is 0 Å². The molecule has 1 atom stereocenters. The fraction of sp³-hybridized carbons (Fsp3) is 0.462. The summed E-state index contributed by atoms with van der Waals surface area (Å²) in [6.45, 7) is 1.51. The number of nitrogens with zero attached hydrogens (tertiary/aromatic N) is 1. The van der Waals surface area contributed by atoms with Crippen molar-refractivity contribution in [2.75, 3.05) is 13.1 Å². The number of hydrogen-bond acceptors (Lipinski definition) is 2. The zero-order valence-electron chi connectivity index (χ0n) is 17.7. The number of carbonyl (C=O) groups excluding carboxylic acids is 2. The molecule has 30 heavy (non-hydrogen) atoms. The van der Waals surface area contributed by atoms with Gasteiger partial charge in [-0.1, -0.05) is 56.0 Å². The van der Waals surface area contributed by atoms with Crippen LogP contribution in [-0.2, 0) is 0 Å². The molecule has 2 amide bonds. The fourth-order valence-electron chi connectivity index (χ4n) is 4.82. The number of rotatable bonds is 4. The van der Waals surface area contributed by atoms with E-state index >= 15 is 0 Å². The summed E-state index contributed by atoms with van der Waals surface area (Å²) >= 11 is 0. The molecule has 2 aromatic carbocycles. The van der Waals surface area contributed by atoms with E-state index in [2.05, 4.69) is 11.4 Å². The number of hydrogen-bond donors (Lipinski definition) is 1. The van der Waals surface area contributed by atoms with Gasteiger partial charge in [0, 0.05) is 36.2 Å². The molecule has 2 aromatic rings. The summed E-state index contributed by atoms with van der Waals surface area (Å²) in [5, 5.41) is 3.25. The second-order valence-electron chi connectivity index (χ2n) is 8.74. The third kappa shape index (κ3) is 5.10. The van der Waals surface area contributed by atoms with E-state index in [1.807, 2.05) is 53.4 Å². The lowest BCUT2D eigenvalue weighted by molar-refractivity contribution is 0.0706. The Hall–Kier alpha value is -2.62.